The second-order valence-corrected chi connectivity index (χ2v) is 5.48. The van der Waals surface area contributed by atoms with Crippen LogP contribution in [0, 0.1) is 5.82 Å². The Balaban J connectivity index is 2.28. The summed E-state index contributed by atoms with van der Waals surface area (Å²) in [6, 6.07) is 12.3. The lowest BCUT2D eigenvalue weighted by Crippen LogP contribution is -2.01. The largest absolute Gasteiger partial charge is 0.496 e. The zero-order valence-corrected chi connectivity index (χ0v) is 13.0. The van der Waals surface area contributed by atoms with Crippen molar-refractivity contribution in [3.63, 3.8) is 0 Å². The molecule has 0 heterocycles. The van der Waals surface area contributed by atoms with Crippen molar-refractivity contribution in [2.75, 3.05) is 14.2 Å². The van der Waals surface area contributed by atoms with Crippen LogP contribution in [0.15, 0.2) is 42.5 Å². The van der Waals surface area contributed by atoms with E-state index in [2.05, 4.69) is 15.9 Å². The average Bonchev–Trinajstić information content (AvgIpc) is 2.47. The van der Waals surface area contributed by atoms with E-state index in [1.165, 1.54) is 12.1 Å². The molecule has 0 saturated carbocycles. The van der Waals surface area contributed by atoms with Crippen molar-refractivity contribution in [2.45, 2.75) is 11.2 Å². The van der Waals surface area contributed by atoms with Gasteiger partial charge in [-0.15, -0.1) is 0 Å². The fourth-order valence-electron chi connectivity index (χ4n) is 2.12. The minimum Gasteiger partial charge on any atom is -0.496 e. The molecule has 2 rings (SSSR count). The van der Waals surface area contributed by atoms with E-state index in [4.69, 9.17) is 9.47 Å². The number of halogens is 2. The molecule has 0 aliphatic rings. The molecule has 106 valence electrons. The maximum atomic E-state index is 13.4. The van der Waals surface area contributed by atoms with Crippen molar-refractivity contribution >= 4 is 15.9 Å². The van der Waals surface area contributed by atoms with Crippen molar-refractivity contribution < 1.29 is 13.9 Å². The summed E-state index contributed by atoms with van der Waals surface area (Å²) in [7, 11) is 3.23. The summed E-state index contributed by atoms with van der Waals surface area (Å²) in [5.74, 6) is 1.22. The van der Waals surface area contributed by atoms with E-state index in [1.807, 2.05) is 24.3 Å². The standard InChI is InChI=1S/C16H16BrFO2/c1-19-15-6-4-3-5-11(15)9-14(17)13-10-12(18)7-8-16(13)20-2/h3-8,10,14H,9H2,1-2H3. The number of rotatable bonds is 5. The van der Waals surface area contributed by atoms with Gasteiger partial charge in [0, 0.05) is 10.4 Å². The van der Waals surface area contributed by atoms with Gasteiger partial charge in [0.2, 0.25) is 0 Å². The van der Waals surface area contributed by atoms with Crippen molar-refractivity contribution in [1.82, 2.24) is 0 Å². The molecule has 2 aromatic rings. The van der Waals surface area contributed by atoms with Gasteiger partial charge in [0.15, 0.2) is 0 Å². The monoisotopic (exact) mass is 338 g/mol. The van der Waals surface area contributed by atoms with Crippen LogP contribution in [0.4, 0.5) is 4.39 Å². The average molecular weight is 339 g/mol. The molecule has 2 aromatic carbocycles. The lowest BCUT2D eigenvalue weighted by atomic mass is 10.0. The SMILES string of the molecule is COc1ccccc1CC(Br)c1cc(F)ccc1OC. The zero-order chi connectivity index (χ0) is 14.5. The Morgan fingerprint density at radius 3 is 2.45 bits per heavy atom. The van der Waals surface area contributed by atoms with E-state index >= 15 is 0 Å². The van der Waals surface area contributed by atoms with E-state index in [-0.39, 0.29) is 10.6 Å². The fourth-order valence-corrected chi connectivity index (χ4v) is 2.83. The summed E-state index contributed by atoms with van der Waals surface area (Å²) in [5.41, 5.74) is 1.85. The third kappa shape index (κ3) is 3.31. The Bertz CT molecular complexity index is 586. The normalized spacial score (nSPS) is 12.0. The maximum Gasteiger partial charge on any atom is 0.123 e. The predicted octanol–water partition coefficient (Wildman–Crippen LogP) is 4.52. The summed E-state index contributed by atoms with van der Waals surface area (Å²) < 4.78 is 24.1. The second kappa shape index (κ2) is 6.75. The van der Waals surface area contributed by atoms with Crippen molar-refractivity contribution in [2.24, 2.45) is 0 Å². The molecule has 0 N–H and O–H groups in total. The van der Waals surface area contributed by atoms with Gasteiger partial charge in [-0.05, 0) is 36.2 Å². The van der Waals surface area contributed by atoms with Gasteiger partial charge in [0.05, 0.1) is 14.2 Å². The first-order valence-corrected chi connectivity index (χ1v) is 7.16. The molecular weight excluding hydrogens is 323 g/mol. The summed E-state index contributed by atoms with van der Waals surface area (Å²) in [6.07, 6.45) is 0.684. The minimum atomic E-state index is -0.273. The molecule has 0 spiro atoms. The van der Waals surface area contributed by atoms with Gasteiger partial charge in [0.25, 0.3) is 0 Å². The molecule has 2 nitrogen and oxygen atoms in total. The molecular formula is C16H16BrFO2. The summed E-state index contributed by atoms with van der Waals surface area (Å²) in [5, 5.41) is 0. The van der Waals surface area contributed by atoms with E-state index in [0.29, 0.717) is 12.2 Å². The lowest BCUT2D eigenvalue weighted by molar-refractivity contribution is 0.405. The predicted molar refractivity (Wildman–Crippen MR) is 81.3 cm³/mol. The molecule has 0 fully saturated rings. The van der Waals surface area contributed by atoms with Gasteiger partial charge in [-0.25, -0.2) is 4.39 Å². The topological polar surface area (TPSA) is 18.5 Å². The molecule has 1 atom stereocenters. The number of para-hydroxylation sites is 1. The summed E-state index contributed by atoms with van der Waals surface area (Å²) >= 11 is 3.61. The van der Waals surface area contributed by atoms with Crippen LogP contribution < -0.4 is 9.47 Å². The highest BCUT2D eigenvalue weighted by atomic mass is 79.9. The first-order chi connectivity index (χ1) is 9.65. The fraction of sp³-hybridized carbons (Fsp3) is 0.250. The minimum absolute atomic E-state index is 0.0514. The quantitative estimate of drug-likeness (QED) is 0.746. The molecule has 0 aliphatic heterocycles. The first kappa shape index (κ1) is 14.9. The second-order valence-electron chi connectivity index (χ2n) is 4.37. The van der Waals surface area contributed by atoms with Gasteiger partial charge < -0.3 is 9.47 Å². The highest BCUT2D eigenvalue weighted by Crippen LogP contribution is 2.36. The Labute approximate surface area is 126 Å². The number of hydrogen-bond acceptors (Lipinski definition) is 2. The maximum absolute atomic E-state index is 13.4. The van der Waals surface area contributed by atoms with Crippen molar-refractivity contribution in [3.05, 3.63) is 59.4 Å². The molecule has 0 amide bonds. The van der Waals surface area contributed by atoms with Crippen molar-refractivity contribution in [1.29, 1.82) is 0 Å². The van der Waals surface area contributed by atoms with Crippen LogP contribution in [0.3, 0.4) is 0 Å². The zero-order valence-electron chi connectivity index (χ0n) is 11.4. The molecule has 1 unspecified atom stereocenters. The van der Waals surface area contributed by atoms with Crippen LogP contribution in [0.1, 0.15) is 16.0 Å². The lowest BCUT2D eigenvalue weighted by Gasteiger charge is -2.16. The van der Waals surface area contributed by atoms with E-state index in [1.54, 1.807) is 20.3 Å². The first-order valence-electron chi connectivity index (χ1n) is 6.25. The Kier molecular flexibility index (Phi) is 5.01. The van der Waals surface area contributed by atoms with Crippen LogP contribution in [-0.4, -0.2) is 14.2 Å². The van der Waals surface area contributed by atoms with Crippen LogP contribution in [0.2, 0.25) is 0 Å². The van der Waals surface area contributed by atoms with E-state index in [0.717, 1.165) is 16.9 Å². The third-order valence-electron chi connectivity index (χ3n) is 3.12. The van der Waals surface area contributed by atoms with Crippen LogP contribution >= 0.6 is 15.9 Å². The Hall–Kier alpha value is -1.55. The highest BCUT2D eigenvalue weighted by Gasteiger charge is 2.16. The Morgan fingerprint density at radius 2 is 1.75 bits per heavy atom. The summed E-state index contributed by atoms with van der Waals surface area (Å²) in [6.45, 7) is 0. The molecule has 20 heavy (non-hydrogen) atoms. The van der Waals surface area contributed by atoms with Gasteiger partial charge in [-0.1, -0.05) is 34.1 Å². The number of benzene rings is 2. The summed E-state index contributed by atoms with van der Waals surface area (Å²) in [4.78, 5) is -0.0514. The van der Waals surface area contributed by atoms with Gasteiger partial charge in [-0.2, -0.15) is 0 Å². The van der Waals surface area contributed by atoms with E-state index in [9.17, 15) is 4.39 Å². The van der Waals surface area contributed by atoms with Gasteiger partial charge >= 0.3 is 0 Å². The van der Waals surface area contributed by atoms with Crippen LogP contribution in [0.25, 0.3) is 0 Å². The smallest absolute Gasteiger partial charge is 0.123 e. The number of ether oxygens (including phenoxy) is 2. The van der Waals surface area contributed by atoms with E-state index < -0.39 is 0 Å². The van der Waals surface area contributed by atoms with Crippen LogP contribution in [0.5, 0.6) is 11.5 Å². The number of methoxy groups -OCH3 is 2. The molecule has 0 aromatic heterocycles. The molecule has 4 heteroatoms. The molecule has 0 bridgehead atoms. The Morgan fingerprint density at radius 1 is 1.05 bits per heavy atom. The highest BCUT2D eigenvalue weighted by molar-refractivity contribution is 9.09. The van der Waals surface area contributed by atoms with Gasteiger partial charge in [-0.3, -0.25) is 0 Å². The number of alkyl halides is 1. The molecule has 0 radical (unpaired) electrons. The van der Waals surface area contributed by atoms with Crippen molar-refractivity contribution in [3.8, 4) is 11.5 Å². The van der Waals surface area contributed by atoms with Gasteiger partial charge in [0.1, 0.15) is 17.3 Å². The molecule has 0 aliphatic carbocycles. The third-order valence-corrected chi connectivity index (χ3v) is 3.94. The van der Waals surface area contributed by atoms with Crippen LogP contribution in [-0.2, 0) is 6.42 Å². The number of hydrogen-bond donors (Lipinski definition) is 0. The molecule has 0 saturated heterocycles.